The minimum Gasteiger partial charge on any atom is -0.507 e. The summed E-state index contributed by atoms with van der Waals surface area (Å²) >= 11 is 5.87. The Balaban J connectivity index is 1.51. The normalized spacial score (nSPS) is 11.3. The first-order valence-electron chi connectivity index (χ1n) is 10.1. The van der Waals surface area contributed by atoms with Crippen molar-refractivity contribution in [2.75, 3.05) is 5.32 Å². The number of rotatable bonds is 5. The van der Waals surface area contributed by atoms with E-state index in [1.54, 1.807) is 67.6 Å². The van der Waals surface area contributed by atoms with E-state index < -0.39 is 5.91 Å². The Hall–Kier alpha value is -4.16. The summed E-state index contributed by atoms with van der Waals surface area (Å²) in [6.07, 6.45) is 0. The van der Waals surface area contributed by atoms with E-state index in [4.69, 9.17) is 11.6 Å². The molecule has 6 nitrogen and oxygen atoms in total. The predicted octanol–water partition coefficient (Wildman–Crippen LogP) is 5.61. The van der Waals surface area contributed by atoms with Crippen LogP contribution in [0.2, 0.25) is 5.02 Å². The van der Waals surface area contributed by atoms with E-state index in [1.807, 2.05) is 18.2 Å². The van der Waals surface area contributed by atoms with Crippen molar-refractivity contribution in [3.63, 3.8) is 0 Å². The standard InChI is InChI=1S/C26H20ClN3O3/c1-16(29-30-26(33)24-22-8-3-2-5-17(22)11-14-23(24)31)19-6-4-7-21(15-19)28-25(32)18-9-12-20(27)13-10-18/h2-15,31H,1H3,(H,28,32)(H,30,33). The molecule has 0 atom stereocenters. The zero-order valence-corrected chi connectivity index (χ0v) is 18.4. The average molecular weight is 458 g/mol. The SMILES string of the molecule is CC(=NNC(=O)c1c(O)ccc2ccccc12)c1cccc(NC(=O)c2ccc(Cl)cc2)c1. The van der Waals surface area contributed by atoms with Crippen LogP contribution in [-0.4, -0.2) is 22.6 Å². The second-order valence-corrected chi connectivity index (χ2v) is 7.80. The number of amides is 2. The molecule has 0 fully saturated rings. The number of fused-ring (bicyclic) bond motifs is 1. The number of hydrazone groups is 1. The second kappa shape index (κ2) is 9.54. The zero-order chi connectivity index (χ0) is 23.4. The van der Waals surface area contributed by atoms with Crippen LogP contribution in [0.25, 0.3) is 10.8 Å². The molecule has 0 aliphatic rings. The molecule has 4 aromatic carbocycles. The van der Waals surface area contributed by atoms with Gasteiger partial charge in [-0.05, 0) is 65.7 Å². The van der Waals surface area contributed by atoms with E-state index in [1.165, 1.54) is 6.07 Å². The summed E-state index contributed by atoms with van der Waals surface area (Å²) in [5, 5.41) is 19.3. The first kappa shape index (κ1) is 22.0. The number of hydrogen-bond acceptors (Lipinski definition) is 4. The quantitative estimate of drug-likeness (QED) is 0.269. The Morgan fingerprint density at radius 1 is 0.848 bits per heavy atom. The summed E-state index contributed by atoms with van der Waals surface area (Å²) in [5.41, 5.74) is 4.99. The number of halogens is 1. The predicted molar refractivity (Wildman–Crippen MR) is 131 cm³/mol. The van der Waals surface area contributed by atoms with E-state index >= 15 is 0 Å². The first-order chi connectivity index (χ1) is 15.9. The van der Waals surface area contributed by atoms with Crippen molar-refractivity contribution in [2.24, 2.45) is 5.10 Å². The van der Waals surface area contributed by atoms with E-state index in [0.29, 0.717) is 32.9 Å². The molecule has 3 N–H and O–H groups in total. The third kappa shape index (κ3) is 5.02. The van der Waals surface area contributed by atoms with Crippen molar-refractivity contribution in [3.05, 3.63) is 107 Å². The van der Waals surface area contributed by atoms with Crippen molar-refractivity contribution < 1.29 is 14.7 Å². The van der Waals surface area contributed by atoms with Crippen LogP contribution in [-0.2, 0) is 0 Å². The molecule has 0 aromatic heterocycles. The van der Waals surface area contributed by atoms with E-state index in [-0.39, 0.29) is 17.2 Å². The molecule has 0 heterocycles. The maximum atomic E-state index is 12.8. The topological polar surface area (TPSA) is 90.8 Å². The fourth-order valence-electron chi connectivity index (χ4n) is 3.38. The number of nitrogens with one attached hydrogen (secondary N) is 2. The number of phenols is 1. The van der Waals surface area contributed by atoms with Crippen LogP contribution >= 0.6 is 11.6 Å². The van der Waals surface area contributed by atoms with Gasteiger partial charge >= 0.3 is 0 Å². The van der Waals surface area contributed by atoms with Crippen molar-refractivity contribution >= 4 is 45.6 Å². The third-order valence-electron chi connectivity index (χ3n) is 5.10. The molecule has 33 heavy (non-hydrogen) atoms. The van der Waals surface area contributed by atoms with Gasteiger partial charge in [0.15, 0.2) is 0 Å². The minimum atomic E-state index is -0.518. The molecule has 0 aliphatic carbocycles. The van der Waals surface area contributed by atoms with Crippen LogP contribution in [0.4, 0.5) is 5.69 Å². The molecule has 0 aliphatic heterocycles. The van der Waals surface area contributed by atoms with Crippen LogP contribution in [0.5, 0.6) is 5.75 Å². The lowest BCUT2D eigenvalue weighted by Gasteiger charge is -2.09. The lowest BCUT2D eigenvalue weighted by Crippen LogP contribution is -2.20. The van der Waals surface area contributed by atoms with Gasteiger partial charge in [-0.2, -0.15) is 5.10 Å². The van der Waals surface area contributed by atoms with Gasteiger partial charge < -0.3 is 10.4 Å². The number of phenolic OH excluding ortho intramolecular Hbond substituents is 1. The monoisotopic (exact) mass is 457 g/mol. The van der Waals surface area contributed by atoms with Gasteiger partial charge in [0, 0.05) is 16.3 Å². The van der Waals surface area contributed by atoms with Crippen LogP contribution in [0, 0.1) is 0 Å². The van der Waals surface area contributed by atoms with Crippen LogP contribution in [0.15, 0.2) is 90.0 Å². The van der Waals surface area contributed by atoms with Crippen LogP contribution in [0.3, 0.4) is 0 Å². The molecule has 164 valence electrons. The summed E-state index contributed by atoms with van der Waals surface area (Å²) in [7, 11) is 0. The highest BCUT2D eigenvalue weighted by molar-refractivity contribution is 6.30. The number of carbonyl (C=O) groups excluding carboxylic acids is 2. The Morgan fingerprint density at radius 3 is 2.39 bits per heavy atom. The molecule has 4 aromatic rings. The zero-order valence-electron chi connectivity index (χ0n) is 17.7. The van der Waals surface area contributed by atoms with Gasteiger partial charge in [0.2, 0.25) is 0 Å². The fourth-order valence-corrected chi connectivity index (χ4v) is 3.51. The van der Waals surface area contributed by atoms with Gasteiger partial charge in [0.25, 0.3) is 11.8 Å². The molecule has 4 rings (SSSR count). The third-order valence-corrected chi connectivity index (χ3v) is 5.36. The van der Waals surface area contributed by atoms with Gasteiger partial charge in [-0.1, -0.05) is 54.1 Å². The number of carbonyl (C=O) groups is 2. The molecule has 0 radical (unpaired) electrons. The van der Waals surface area contributed by atoms with Crippen LogP contribution < -0.4 is 10.7 Å². The largest absolute Gasteiger partial charge is 0.507 e. The Morgan fingerprint density at radius 2 is 1.61 bits per heavy atom. The summed E-state index contributed by atoms with van der Waals surface area (Å²) in [5.74, 6) is -0.903. The minimum absolute atomic E-state index is 0.119. The molecule has 7 heteroatoms. The van der Waals surface area contributed by atoms with Crippen molar-refractivity contribution in [1.29, 1.82) is 0 Å². The molecule has 0 saturated carbocycles. The molecule has 0 spiro atoms. The van der Waals surface area contributed by atoms with Gasteiger partial charge in [-0.3, -0.25) is 9.59 Å². The van der Waals surface area contributed by atoms with Gasteiger partial charge in [-0.15, -0.1) is 0 Å². The number of nitrogens with zero attached hydrogens (tertiary/aromatic N) is 1. The molecule has 0 saturated heterocycles. The number of hydrogen-bond donors (Lipinski definition) is 3. The fraction of sp³-hybridized carbons (Fsp3) is 0.0385. The first-order valence-corrected chi connectivity index (χ1v) is 10.5. The Kier molecular flexibility index (Phi) is 6.38. The van der Waals surface area contributed by atoms with E-state index in [9.17, 15) is 14.7 Å². The maximum Gasteiger partial charge on any atom is 0.275 e. The average Bonchev–Trinajstić information content (AvgIpc) is 2.82. The van der Waals surface area contributed by atoms with Gasteiger partial charge in [0.05, 0.1) is 11.3 Å². The Labute approximate surface area is 195 Å². The Bertz CT molecular complexity index is 1380. The van der Waals surface area contributed by atoms with Gasteiger partial charge in [-0.25, -0.2) is 5.43 Å². The molecular formula is C26H20ClN3O3. The second-order valence-electron chi connectivity index (χ2n) is 7.36. The number of benzene rings is 4. The van der Waals surface area contributed by atoms with E-state index in [2.05, 4.69) is 15.8 Å². The van der Waals surface area contributed by atoms with Crippen LogP contribution in [0.1, 0.15) is 33.2 Å². The highest BCUT2D eigenvalue weighted by atomic mass is 35.5. The lowest BCUT2D eigenvalue weighted by atomic mass is 10.0. The highest BCUT2D eigenvalue weighted by Crippen LogP contribution is 2.27. The van der Waals surface area contributed by atoms with Crippen molar-refractivity contribution in [1.82, 2.24) is 5.43 Å². The number of anilines is 1. The van der Waals surface area contributed by atoms with Crippen molar-refractivity contribution in [3.8, 4) is 5.75 Å². The lowest BCUT2D eigenvalue weighted by molar-refractivity contribution is 0.0953. The smallest absolute Gasteiger partial charge is 0.275 e. The maximum absolute atomic E-state index is 12.8. The van der Waals surface area contributed by atoms with Gasteiger partial charge in [0.1, 0.15) is 5.75 Å². The summed E-state index contributed by atoms with van der Waals surface area (Å²) in [6, 6.07) is 24.3. The number of aromatic hydroxyl groups is 1. The summed E-state index contributed by atoms with van der Waals surface area (Å²) in [4.78, 5) is 25.2. The van der Waals surface area contributed by atoms with Crippen molar-refractivity contribution in [2.45, 2.75) is 6.92 Å². The molecule has 2 amide bonds. The summed E-state index contributed by atoms with van der Waals surface area (Å²) < 4.78 is 0. The molecule has 0 unspecified atom stereocenters. The molecular weight excluding hydrogens is 438 g/mol. The highest BCUT2D eigenvalue weighted by Gasteiger charge is 2.15. The molecule has 0 bridgehead atoms. The summed E-state index contributed by atoms with van der Waals surface area (Å²) in [6.45, 7) is 1.74. The van der Waals surface area contributed by atoms with E-state index in [0.717, 1.165) is 5.39 Å².